The van der Waals surface area contributed by atoms with Crippen LogP contribution in [0.4, 0.5) is 0 Å². The Labute approximate surface area is 77.3 Å². The molecule has 0 aliphatic rings. The molecular weight excluding hydrogens is 170 g/mol. The van der Waals surface area contributed by atoms with Gasteiger partial charge in [-0.05, 0) is 19.2 Å². The van der Waals surface area contributed by atoms with Crippen LogP contribution in [0.5, 0.6) is 0 Å². The van der Waals surface area contributed by atoms with E-state index in [1.807, 2.05) is 17.8 Å². The van der Waals surface area contributed by atoms with Crippen LogP contribution in [0, 0.1) is 0 Å². The highest BCUT2D eigenvalue weighted by Crippen LogP contribution is 2.06. The fraction of sp³-hybridized carbons (Fsp3) is 0.625. The number of aromatic amines is 1. The van der Waals surface area contributed by atoms with Crippen molar-refractivity contribution in [2.24, 2.45) is 0 Å². The molecule has 0 amide bonds. The number of aromatic nitrogens is 2. The Balaban J connectivity index is 2.25. The van der Waals surface area contributed by atoms with Gasteiger partial charge in [0, 0.05) is 24.5 Å². The molecule has 12 heavy (non-hydrogen) atoms. The second-order valence-electron chi connectivity index (χ2n) is 2.68. The van der Waals surface area contributed by atoms with Crippen LogP contribution in [0.3, 0.4) is 0 Å². The van der Waals surface area contributed by atoms with Crippen molar-refractivity contribution in [2.45, 2.75) is 13.0 Å². The molecule has 0 aliphatic heterocycles. The zero-order valence-electron chi connectivity index (χ0n) is 7.50. The van der Waals surface area contributed by atoms with Gasteiger partial charge in [0.05, 0.1) is 5.69 Å². The second-order valence-corrected chi connectivity index (χ2v) is 3.67. The Morgan fingerprint density at radius 2 is 2.58 bits per heavy atom. The Hall–Kier alpha value is -0.480. The molecule has 2 N–H and O–H groups in total. The molecule has 0 fully saturated rings. The number of nitrogens with zero attached hydrogens (tertiary/aromatic N) is 1. The van der Waals surface area contributed by atoms with Gasteiger partial charge in [-0.25, -0.2) is 0 Å². The predicted octanol–water partition coefficient (Wildman–Crippen LogP) is 1.42. The summed E-state index contributed by atoms with van der Waals surface area (Å²) in [6.07, 6.45) is 3.89. The van der Waals surface area contributed by atoms with Gasteiger partial charge in [-0.1, -0.05) is 0 Å². The molecule has 1 aromatic heterocycles. The normalized spacial score (nSPS) is 13.2. The van der Waals surface area contributed by atoms with Crippen molar-refractivity contribution in [3.05, 3.63) is 18.0 Å². The summed E-state index contributed by atoms with van der Waals surface area (Å²) in [5, 5.41) is 10.2. The molecule has 0 aromatic carbocycles. The van der Waals surface area contributed by atoms with E-state index in [0.29, 0.717) is 6.04 Å². The quantitative estimate of drug-likeness (QED) is 0.682. The number of nitrogens with one attached hydrogen (secondary N) is 2. The molecule has 1 unspecified atom stereocenters. The van der Waals surface area contributed by atoms with Gasteiger partial charge in [-0.15, -0.1) is 0 Å². The van der Waals surface area contributed by atoms with Crippen LogP contribution in [-0.4, -0.2) is 28.8 Å². The predicted molar refractivity (Wildman–Crippen MR) is 53.4 cm³/mol. The average Bonchev–Trinajstić information content (AvgIpc) is 2.56. The van der Waals surface area contributed by atoms with E-state index in [2.05, 4.69) is 28.7 Å². The van der Waals surface area contributed by atoms with Crippen molar-refractivity contribution in [2.75, 3.05) is 18.6 Å². The van der Waals surface area contributed by atoms with Crippen LogP contribution in [0.1, 0.15) is 18.7 Å². The Morgan fingerprint density at radius 1 is 1.75 bits per heavy atom. The molecule has 0 aliphatic carbocycles. The molecule has 0 radical (unpaired) electrons. The summed E-state index contributed by atoms with van der Waals surface area (Å²) in [6.45, 7) is 3.18. The minimum atomic E-state index is 0.375. The Bertz CT molecular complexity index is 198. The van der Waals surface area contributed by atoms with E-state index in [1.165, 1.54) is 0 Å². The molecule has 1 aromatic rings. The van der Waals surface area contributed by atoms with Crippen LogP contribution < -0.4 is 5.32 Å². The molecule has 0 bridgehead atoms. The maximum Gasteiger partial charge on any atom is 0.0518 e. The van der Waals surface area contributed by atoms with E-state index in [0.717, 1.165) is 18.0 Å². The fourth-order valence-corrected chi connectivity index (χ4v) is 1.32. The first-order chi connectivity index (χ1) is 5.84. The lowest BCUT2D eigenvalue weighted by atomic mass is 10.2. The van der Waals surface area contributed by atoms with Gasteiger partial charge in [0.2, 0.25) is 0 Å². The van der Waals surface area contributed by atoms with E-state index in [-0.39, 0.29) is 0 Å². The molecule has 1 atom stereocenters. The number of rotatable bonds is 5. The van der Waals surface area contributed by atoms with Gasteiger partial charge in [0.25, 0.3) is 0 Å². The van der Waals surface area contributed by atoms with Crippen LogP contribution >= 0.6 is 11.8 Å². The number of thioether (sulfide) groups is 1. The third kappa shape index (κ3) is 2.87. The van der Waals surface area contributed by atoms with Gasteiger partial charge in [-0.2, -0.15) is 16.9 Å². The lowest BCUT2D eigenvalue weighted by Gasteiger charge is -2.10. The molecule has 0 spiro atoms. The van der Waals surface area contributed by atoms with Crippen molar-refractivity contribution < 1.29 is 0 Å². The van der Waals surface area contributed by atoms with E-state index >= 15 is 0 Å². The van der Waals surface area contributed by atoms with E-state index in [9.17, 15) is 0 Å². The third-order valence-electron chi connectivity index (χ3n) is 1.75. The number of H-pyrrole nitrogens is 1. The van der Waals surface area contributed by atoms with Crippen LogP contribution in [0.15, 0.2) is 12.3 Å². The molecule has 68 valence electrons. The largest absolute Gasteiger partial charge is 0.308 e. The van der Waals surface area contributed by atoms with Crippen molar-refractivity contribution in [1.29, 1.82) is 0 Å². The topological polar surface area (TPSA) is 40.7 Å². The van der Waals surface area contributed by atoms with Crippen LogP contribution in [0.25, 0.3) is 0 Å². The highest BCUT2D eigenvalue weighted by atomic mass is 32.2. The number of hydrogen-bond acceptors (Lipinski definition) is 3. The SMILES string of the molecule is CSCCNC(C)c1ccn[nH]1. The molecule has 3 nitrogen and oxygen atoms in total. The third-order valence-corrected chi connectivity index (χ3v) is 2.36. The van der Waals surface area contributed by atoms with Crippen molar-refractivity contribution >= 4 is 11.8 Å². The summed E-state index contributed by atoms with van der Waals surface area (Å²) in [5.74, 6) is 1.15. The van der Waals surface area contributed by atoms with Gasteiger partial charge in [0.1, 0.15) is 0 Å². The summed E-state index contributed by atoms with van der Waals surface area (Å²) in [7, 11) is 0. The maximum atomic E-state index is 3.90. The van der Waals surface area contributed by atoms with Crippen molar-refractivity contribution in [3.63, 3.8) is 0 Å². The first-order valence-electron chi connectivity index (χ1n) is 4.06. The van der Waals surface area contributed by atoms with E-state index in [4.69, 9.17) is 0 Å². The first-order valence-corrected chi connectivity index (χ1v) is 5.45. The monoisotopic (exact) mass is 185 g/mol. The molecule has 0 saturated carbocycles. The van der Waals surface area contributed by atoms with Gasteiger partial charge < -0.3 is 5.32 Å². The standard InChI is InChI=1S/C8H15N3S/c1-7(9-5-6-12-2)8-3-4-10-11-8/h3-4,7,9H,5-6H2,1-2H3,(H,10,11). The van der Waals surface area contributed by atoms with Crippen LogP contribution in [0.2, 0.25) is 0 Å². The van der Waals surface area contributed by atoms with Gasteiger partial charge >= 0.3 is 0 Å². The summed E-state index contributed by atoms with van der Waals surface area (Å²) in [5.41, 5.74) is 1.15. The Kier molecular flexibility index (Phi) is 4.18. The zero-order chi connectivity index (χ0) is 8.81. The highest BCUT2D eigenvalue weighted by molar-refractivity contribution is 7.98. The molecular formula is C8H15N3S. The summed E-state index contributed by atoms with van der Waals surface area (Å²) >= 11 is 1.85. The highest BCUT2D eigenvalue weighted by Gasteiger charge is 2.03. The molecule has 1 rings (SSSR count). The van der Waals surface area contributed by atoms with Crippen molar-refractivity contribution in [3.8, 4) is 0 Å². The average molecular weight is 185 g/mol. The molecule has 4 heteroatoms. The van der Waals surface area contributed by atoms with Gasteiger partial charge in [-0.3, -0.25) is 5.10 Å². The molecule has 1 heterocycles. The Morgan fingerprint density at radius 3 is 3.17 bits per heavy atom. The van der Waals surface area contributed by atoms with Crippen LogP contribution in [-0.2, 0) is 0 Å². The second kappa shape index (κ2) is 5.22. The minimum Gasteiger partial charge on any atom is -0.308 e. The van der Waals surface area contributed by atoms with Crippen molar-refractivity contribution in [1.82, 2.24) is 15.5 Å². The summed E-state index contributed by atoms with van der Waals surface area (Å²) in [4.78, 5) is 0. The van der Waals surface area contributed by atoms with E-state index < -0.39 is 0 Å². The summed E-state index contributed by atoms with van der Waals surface area (Å²) < 4.78 is 0. The van der Waals surface area contributed by atoms with Gasteiger partial charge in [0.15, 0.2) is 0 Å². The lowest BCUT2D eigenvalue weighted by Crippen LogP contribution is -2.21. The van der Waals surface area contributed by atoms with E-state index in [1.54, 1.807) is 6.20 Å². The summed E-state index contributed by atoms with van der Waals surface area (Å²) in [6, 6.07) is 2.37. The maximum absolute atomic E-state index is 3.90. The lowest BCUT2D eigenvalue weighted by molar-refractivity contribution is 0.585. The fourth-order valence-electron chi connectivity index (χ4n) is 0.995. The number of hydrogen-bond donors (Lipinski definition) is 2. The zero-order valence-corrected chi connectivity index (χ0v) is 8.32. The molecule has 0 saturated heterocycles. The first kappa shape index (κ1) is 9.61. The minimum absolute atomic E-state index is 0.375. The smallest absolute Gasteiger partial charge is 0.0518 e.